The van der Waals surface area contributed by atoms with Crippen LogP contribution in [0.4, 0.5) is 0 Å². The third-order valence-electron chi connectivity index (χ3n) is 3.91. The van der Waals surface area contributed by atoms with Crippen LogP contribution < -0.4 is 5.32 Å². The Morgan fingerprint density at radius 1 is 1.31 bits per heavy atom. The predicted octanol–water partition coefficient (Wildman–Crippen LogP) is 1.75. The second kappa shape index (κ2) is 5.65. The SMILES string of the molecule is CC(CN1CCCC1)NC1CCCC1C#N. The number of nitriles is 1. The summed E-state index contributed by atoms with van der Waals surface area (Å²) in [5, 5.41) is 12.7. The summed E-state index contributed by atoms with van der Waals surface area (Å²) in [4.78, 5) is 2.54. The van der Waals surface area contributed by atoms with Crippen molar-refractivity contribution in [1.29, 1.82) is 5.26 Å². The van der Waals surface area contributed by atoms with E-state index in [0.717, 1.165) is 13.0 Å². The lowest BCUT2D eigenvalue weighted by Gasteiger charge is -2.25. The molecule has 0 amide bonds. The maximum Gasteiger partial charge on any atom is 0.0672 e. The molecule has 2 fully saturated rings. The summed E-state index contributed by atoms with van der Waals surface area (Å²) in [6.07, 6.45) is 6.20. The average molecular weight is 221 g/mol. The molecule has 1 aliphatic heterocycles. The van der Waals surface area contributed by atoms with Crippen molar-refractivity contribution < 1.29 is 0 Å². The van der Waals surface area contributed by atoms with Crippen molar-refractivity contribution in [2.45, 2.75) is 51.1 Å². The molecule has 3 unspecified atom stereocenters. The molecule has 0 radical (unpaired) electrons. The van der Waals surface area contributed by atoms with Gasteiger partial charge in [-0.2, -0.15) is 5.26 Å². The molecule has 16 heavy (non-hydrogen) atoms. The minimum atomic E-state index is 0.251. The van der Waals surface area contributed by atoms with Crippen LogP contribution in [0.1, 0.15) is 39.0 Å². The summed E-state index contributed by atoms with van der Waals surface area (Å²) in [7, 11) is 0. The fraction of sp³-hybridized carbons (Fsp3) is 0.923. The van der Waals surface area contributed by atoms with Crippen molar-refractivity contribution in [1.82, 2.24) is 10.2 Å². The molecule has 3 atom stereocenters. The first-order valence-electron chi connectivity index (χ1n) is 6.67. The minimum Gasteiger partial charge on any atom is -0.309 e. The summed E-state index contributed by atoms with van der Waals surface area (Å²) >= 11 is 0. The van der Waals surface area contributed by atoms with Crippen molar-refractivity contribution >= 4 is 0 Å². The third-order valence-corrected chi connectivity index (χ3v) is 3.91. The highest BCUT2D eigenvalue weighted by Crippen LogP contribution is 2.25. The van der Waals surface area contributed by atoms with Gasteiger partial charge in [-0.25, -0.2) is 0 Å². The lowest BCUT2D eigenvalue weighted by atomic mass is 10.0. The van der Waals surface area contributed by atoms with Gasteiger partial charge in [-0.15, -0.1) is 0 Å². The van der Waals surface area contributed by atoms with Gasteiger partial charge in [0.2, 0.25) is 0 Å². The summed E-state index contributed by atoms with van der Waals surface area (Å²) in [6.45, 7) is 5.93. The number of likely N-dealkylation sites (tertiary alicyclic amines) is 1. The summed E-state index contributed by atoms with van der Waals surface area (Å²) in [6, 6.07) is 3.41. The zero-order valence-corrected chi connectivity index (χ0v) is 10.3. The van der Waals surface area contributed by atoms with E-state index in [9.17, 15) is 0 Å². The molecule has 3 heteroatoms. The Kier molecular flexibility index (Phi) is 4.20. The molecule has 1 saturated heterocycles. The monoisotopic (exact) mass is 221 g/mol. The van der Waals surface area contributed by atoms with Crippen LogP contribution in [0.2, 0.25) is 0 Å². The highest BCUT2D eigenvalue weighted by molar-refractivity contribution is 4.97. The molecule has 1 saturated carbocycles. The van der Waals surface area contributed by atoms with E-state index in [0.29, 0.717) is 12.1 Å². The molecular formula is C13H23N3. The minimum absolute atomic E-state index is 0.251. The van der Waals surface area contributed by atoms with Gasteiger partial charge in [0.15, 0.2) is 0 Å². The molecule has 1 N–H and O–H groups in total. The normalized spacial score (nSPS) is 32.8. The average Bonchev–Trinajstić information content (AvgIpc) is 2.88. The maximum absolute atomic E-state index is 9.03. The Hall–Kier alpha value is -0.590. The van der Waals surface area contributed by atoms with Gasteiger partial charge >= 0.3 is 0 Å². The number of hydrogen-bond donors (Lipinski definition) is 1. The van der Waals surface area contributed by atoms with E-state index < -0.39 is 0 Å². The number of rotatable bonds is 4. The third kappa shape index (κ3) is 2.96. The zero-order chi connectivity index (χ0) is 11.4. The van der Waals surface area contributed by atoms with Crippen molar-refractivity contribution in [3.63, 3.8) is 0 Å². The Morgan fingerprint density at radius 2 is 2.06 bits per heavy atom. The van der Waals surface area contributed by atoms with E-state index in [-0.39, 0.29) is 5.92 Å². The largest absolute Gasteiger partial charge is 0.309 e. The smallest absolute Gasteiger partial charge is 0.0672 e. The Balaban J connectivity index is 1.73. The molecule has 0 aromatic heterocycles. The van der Waals surface area contributed by atoms with Crippen molar-refractivity contribution in [3.05, 3.63) is 0 Å². The van der Waals surface area contributed by atoms with E-state index in [1.54, 1.807) is 0 Å². The van der Waals surface area contributed by atoms with E-state index in [1.807, 2.05) is 0 Å². The number of hydrogen-bond acceptors (Lipinski definition) is 3. The van der Waals surface area contributed by atoms with E-state index in [4.69, 9.17) is 5.26 Å². The van der Waals surface area contributed by atoms with Crippen LogP contribution in [0, 0.1) is 17.2 Å². The zero-order valence-electron chi connectivity index (χ0n) is 10.3. The maximum atomic E-state index is 9.03. The van der Waals surface area contributed by atoms with E-state index in [2.05, 4.69) is 23.2 Å². The van der Waals surface area contributed by atoms with Crippen molar-refractivity contribution in [3.8, 4) is 6.07 Å². The summed E-state index contributed by atoms with van der Waals surface area (Å²) in [5.74, 6) is 0.251. The molecule has 0 spiro atoms. The lowest BCUT2D eigenvalue weighted by Crippen LogP contribution is -2.44. The van der Waals surface area contributed by atoms with Crippen LogP contribution >= 0.6 is 0 Å². The van der Waals surface area contributed by atoms with Crippen LogP contribution in [0.5, 0.6) is 0 Å². The Bertz CT molecular complexity index is 252. The molecule has 1 heterocycles. The molecule has 0 aromatic rings. The quantitative estimate of drug-likeness (QED) is 0.786. The van der Waals surface area contributed by atoms with Gasteiger partial charge in [0.1, 0.15) is 0 Å². The first-order valence-corrected chi connectivity index (χ1v) is 6.67. The van der Waals surface area contributed by atoms with Crippen molar-refractivity contribution in [2.75, 3.05) is 19.6 Å². The topological polar surface area (TPSA) is 39.1 Å². The molecule has 2 rings (SSSR count). The summed E-state index contributed by atoms with van der Waals surface area (Å²) < 4.78 is 0. The van der Waals surface area contributed by atoms with Gasteiger partial charge in [0, 0.05) is 18.6 Å². The Morgan fingerprint density at radius 3 is 2.75 bits per heavy atom. The number of nitrogens with one attached hydrogen (secondary N) is 1. The van der Waals surface area contributed by atoms with Crippen LogP contribution in [0.15, 0.2) is 0 Å². The first kappa shape index (κ1) is 11.9. The number of nitrogens with zero attached hydrogens (tertiary/aromatic N) is 2. The van der Waals surface area contributed by atoms with Gasteiger partial charge in [-0.3, -0.25) is 0 Å². The highest BCUT2D eigenvalue weighted by atomic mass is 15.2. The molecule has 0 aromatic carbocycles. The van der Waals surface area contributed by atoms with Crippen molar-refractivity contribution in [2.24, 2.45) is 5.92 Å². The van der Waals surface area contributed by atoms with Crippen LogP contribution in [0.3, 0.4) is 0 Å². The second-order valence-electron chi connectivity index (χ2n) is 5.35. The lowest BCUT2D eigenvalue weighted by molar-refractivity contribution is 0.279. The van der Waals surface area contributed by atoms with Crippen LogP contribution in [-0.4, -0.2) is 36.6 Å². The van der Waals surface area contributed by atoms with E-state index in [1.165, 1.54) is 38.8 Å². The van der Waals surface area contributed by atoms with Gasteiger partial charge in [-0.1, -0.05) is 6.42 Å². The fourth-order valence-electron chi connectivity index (χ4n) is 3.08. The van der Waals surface area contributed by atoms with Gasteiger partial charge in [0.25, 0.3) is 0 Å². The molecule has 3 nitrogen and oxygen atoms in total. The molecule has 2 aliphatic rings. The van der Waals surface area contributed by atoms with E-state index >= 15 is 0 Å². The van der Waals surface area contributed by atoms with Gasteiger partial charge in [0.05, 0.1) is 12.0 Å². The molecule has 0 bridgehead atoms. The summed E-state index contributed by atoms with van der Waals surface area (Å²) in [5.41, 5.74) is 0. The fourth-order valence-corrected chi connectivity index (χ4v) is 3.08. The van der Waals surface area contributed by atoms with Crippen LogP contribution in [0.25, 0.3) is 0 Å². The first-order chi connectivity index (χ1) is 7.79. The molecule has 90 valence electrons. The highest BCUT2D eigenvalue weighted by Gasteiger charge is 2.28. The van der Waals surface area contributed by atoms with Gasteiger partial charge < -0.3 is 10.2 Å². The van der Waals surface area contributed by atoms with Crippen LogP contribution in [-0.2, 0) is 0 Å². The Labute approximate surface area is 98.8 Å². The predicted molar refractivity (Wildman–Crippen MR) is 65.0 cm³/mol. The second-order valence-corrected chi connectivity index (χ2v) is 5.35. The molecular weight excluding hydrogens is 198 g/mol. The van der Waals surface area contributed by atoms with Gasteiger partial charge in [-0.05, 0) is 45.7 Å². The standard InChI is InChI=1S/C13H23N3/c1-11(10-16-7-2-3-8-16)15-13-6-4-5-12(13)9-14/h11-13,15H,2-8,10H2,1H3. The molecule has 1 aliphatic carbocycles.